The third-order valence-corrected chi connectivity index (χ3v) is 3.91. The molecule has 0 spiro atoms. The van der Waals surface area contributed by atoms with E-state index in [1.54, 1.807) is 67.8 Å². The average molecular weight is 361 g/mol. The fourth-order valence-electron chi connectivity index (χ4n) is 2.46. The number of Topliss-reactive ketones (excluding diaryl/α,β-unsaturated/α-hetero) is 1. The summed E-state index contributed by atoms with van der Waals surface area (Å²) in [5.41, 5.74) is 1.74. The summed E-state index contributed by atoms with van der Waals surface area (Å²) in [7, 11) is 1.55. The SMILES string of the molecule is COc1cccc(C(=O)Nc2ccc(OCC(=O)c3ccccc3)cc2)c1. The topological polar surface area (TPSA) is 64.6 Å². The van der Waals surface area contributed by atoms with E-state index in [1.807, 2.05) is 18.2 Å². The highest BCUT2D eigenvalue weighted by Crippen LogP contribution is 2.18. The number of hydrogen-bond acceptors (Lipinski definition) is 4. The zero-order valence-electron chi connectivity index (χ0n) is 14.8. The maximum atomic E-state index is 12.3. The summed E-state index contributed by atoms with van der Waals surface area (Å²) in [5.74, 6) is 0.848. The molecule has 0 radical (unpaired) electrons. The van der Waals surface area contributed by atoms with Gasteiger partial charge in [-0.25, -0.2) is 0 Å². The molecule has 0 atom stereocenters. The minimum atomic E-state index is -0.234. The number of ketones is 1. The molecule has 0 saturated heterocycles. The monoisotopic (exact) mass is 361 g/mol. The molecule has 1 N–H and O–H groups in total. The molecular weight excluding hydrogens is 342 g/mol. The maximum absolute atomic E-state index is 12.3. The van der Waals surface area contributed by atoms with Gasteiger partial charge >= 0.3 is 0 Å². The van der Waals surface area contributed by atoms with Crippen molar-refractivity contribution < 1.29 is 19.1 Å². The van der Waals surface area contributed by atoms with E-state index in [0.717, 1.165) is 0 Å². The highest BCUT2D eigenvalue weighted by atomic mass is 16.5. The molecule has 3 rings (SSSR count). The van der Waals surface area contributed by atoms with E-state index in [1.165, 1.54) is 0 Å². The highest BCUT2D eigenvalue weighted by molar-refractivity contribution is 6.04. The lowest BCUT2D eigenvalue weighted by Crippen LogP contribution is -2.12. The Morgan fingerprint density at radius 1 is 0.815 bits per heavy atom. The molecule has 0 fully saturated rings. The lowest BCUT2D eigenvalue weighted by atomic mass is 10.1. The zero-order chi connectivity index (χ0) is 19.1. The van der Waals surface area contributed by atoms with Gasteiger partial charge in [0.2, 0.25) is 0 Å². The quantitative estimate of drug-likeness (QED) is 0.640. The van der Waals surface area contributed by atoms with Gasteiger partial charge in [0.05, 0.1) is 7.11 Å². The second kappa shape index (κ2) is 8.67. The Morgan fingerprint density at radius 2 is 1.52 bits per heavy atom. The van der Waals surface area contributed by atoms with Gasteiger partial charge in [-0.15, -0.1) is 0 Å². The fourth-order valence-corrected chi connectivity index (χ4v) is 2.46. The predicted molar refractivity (Wildman–Crippen MR) is 104 cm³/mol. The molecule has 3 aromatic rings. The first-order valence-electron chi connectivity index (χ1n) is 8.42. The van der Waals surface area contributed by atoms with Crippen LogP contribution in [0.5, 0.6) is 11.5 Å². The van der Waals surface area contributed by atoms with Gasteiger partial charge in [-0.1, -0.05) is 36.4 Å². The second-order valence-corrected chi connectivity index (χ2v) is 5.79. The van der Waals surface area contributed by atoms with Gasteiger partial charge in [-0.05, 0) is 42.5 Å². The van der Waals surface area contributed by atoms with Crippen molar-refractivity contribution >= 4 is 17.4 Å². The minimum absolute atomic E-state index is 0.0421. The van der Waals surface area contributed by atoms with Crippen LogP contribution in [0.4, 0.5) is 5.69 Å². The van der Waals surface area contributed by atoms with E-state index in [9.17, 15) is 9.59 Å². The van der Waals surface area contributed by atoms with Gasteiger partial charge in [0.15, 0.2) is 12.4 Å². The molecule has 0 saturated carbocycles. The number of anilines is 1. The van der Waals surface area contributed by atoms with Gasteiger partial charge in [-0.3, -0.25) is 9.59 Å². The van der Waals surface area contributed by atoms with Crippen LogP contribution >= 0.6 is 0 Å². The molecule has 0 aliphatic rings. The van der Waals surface area contributed by atoms with Crippen LogP contribution in [0.2, 0.25) is 0 Å². The first-order valence-corrected chi connectivity index (χ1v) is 8.42. The van der Waals surface area contributed by atoms with Gasteiger partial charge in [0.1, 0.15) is 11.5 Å². The van der Waals surface area contributed by atoms with E-state index in [4.69, 9.17) is 9.47 Å². The van der Waals surface area contributed by atoms with Gasteiger partial charge in [-0.2, -0.15) is 0 Å². The Labute approximate surface area is 157 Å². The molecule has 136 valence electrons. The van der Waals surface area contributed by atoms with Crippen LogP contribution in [0.15, 0.2) is 78.9 Å². The van der Waals surface area contributed by atoms with Crippen LogP contribution in [0, 0.1) is 0 Å². The minimum Gasteiger partial charge on any atom is -0.497 e. The Bertz CT molecular complexity index is 921. The lowest BCUT2D eigenvalue weighted by Gasteiger charge is -2.09. The number of methoxy groups -OCH3 is 1. The van der Waals surface area contributed by atoms with Crippen molar-refractivity contribution in [3.05, 3.63) is 90.0 Å². The summed E-state index contributed by atoms with van der Waals surface area (Å²) in [6.45, 7) is -0.0421. The Hall–Kier alpha value is -3.60. The van der Waals surface area contributed by atoms with Crippen molar-refractivity contribution in [2.75, 3.05) is 19.0 Å². The molecule has 5 heteroatoms. The number of rotatable bonds is 7. The van der Waals surface area contributed by atoms with E-state index >= 15 is 0 Å². The number of carbonyl (C=O) groups excluding carboxylic acids is 2. The number of ether oxygens (including phenoxy) is 2. The van der Waals surface area contributed by atoms with Crippen LogP contribution in [0.3, 0.4) is 0 Å². The summed E-state index contributed by atoms with van der Waals surface area (Å²) in [5, 5.41) is 2.81. The molecular formula is C22H19NO4. The van der Waals surface area contributed by atoms with Crippen LogP contribution in [0.1, 0.15) is 20.7 Å². The maximum Gasteiger partial charge on any atom is 0.255 e. The summed E-state index contributed by atoms with van der Waals surface area (Å²) >= 11 is 0. The number of amides is 1. The number of nitrogens with one attached hydrogen (secondary N) is 1. The summed E-state index contributed by atoms with van der Waals surface area (Å²) in [4.78, 5) is 24.3. The lowest BCUT2D eigenvalue weighted by molar-refractivity contribution is 0.0921. The normalized spacial score (nSPS) is 10.1. The van der Waals surface area contributed by atoms with Crippen LogP contribution in [0.25, 0.3) is 0 Å². The van der Waals surface area contributed by atoms with Crippen molar-refractivity contribution in [1.82, 2.24) is 0 Å². The molecule has 0 bridgehead atoms. The molecule has 0 heterocycles. The summed E-state index contributed by atoms with van der Waals surface area (Å²) in [6, 6.07) is 22.8. The van der Waals surface area contributed by atoms with Gasteiger partial charge in [0, 0.05) is 16.8 Å². The highest BCUT2D eigenvalue weighted by Gasteiger charge is 2.08. The molecule has 0 unspecified atom stereocenters. The van der Waals surface area contributed by atoms with Crippen LogP contribution in [-0.4, -0.2) is 25.4 Å². The molecule has 0 aliphatic heterocycles. The first kappa shape index (κ1) is 18.2. The van der Waals surface area contributed by atoms with E-state index in [0.29, 0.717) is 28.3 Å². The largest absolute Gasteiger partial charge is 0.497 e. The third kappa shape index (κ3) is 4.95. The standard InChI is InChI=1S/C22H19NO4/c1-26-20-9-5-8-17(14-20)22(25)23-18-10-12-19(13-11-18)27-15-21(24)16-6-3-2-4-7-16/h2-14H,15H2,1H3,(H,23,25). The van der Waals surface area contributed by atoms with E-state index < -0.39 is 0 Å². The molecule has 0 aliphatic carbocycles. The van der Waals surface area contributed by atoms with Crippen LogP contribution in [-0.2, 0) is 0 Å². The van der Waals surface area contributed by atoms with E-state index in [2.05, 4.69) is 5.32 Å². The fraction of sp³-hybridized carbons (Fsp3) is 0.0909. The summed E-state index contributed by atoms with van der Waals surface area (Å²) in [6.07, 6.45) is 0. The van der Waals surface area contributed by atoms with Crippen molar-refractivity contribution in [3.8, 4) is 11.5 Å². The third-order valence-electron chi connectivity index (χ3n) is 3.91. The van der Waals surface area contributed by atoms with Crippen molar-refractivity contribution in [2.24, 2.45) is 0 Å². The summed E-state index contributed by atoms with van der Waals surface area (Å²) < 4.78 is 10.6. The second-order valence-electron chi connectivity index (χ2n) is 5.79. The molecule has 3 aromatic carbocycles. The van der Waals surface area contributed by atoms with Crippen molar-refractivity contribution in [1.29, 1.82) is 0 Å². The molecule has 0 aromatic heterocycles. The van der Waals surface area contributed by atoms with Gasteiger partial charge < -0.3 is 14.8 Å². The van der Waals surface area contributed by atoms with Crippen LogP contribution < -0.4 is 14.8 Å². The molecule has 5 nitrogen and oxygen atoms in total. The molecule has 27 heavy (non-hydrogen) atoms. The zero-order valence-corrected chi connectivity index (χ0v) is 14.8. The first-order chi connectivity index (χ1) is 13.2. The van der Waals surface area contributed by atoms with Gasteiger partial charge in [0.25, 0.3) is 5.91 Å². The Morgan fingerprint density at radius 3 is 2.22 bits per heavy atom. The average Bonchev–Trinajstić information content (AvgIpc) is 2.73. The van der Waals surface area contributed by atoms with Crippen molar-refractivity contribution in [3.63, 3.8) is 0 Å². The smallest absolute Gasteiger partial charge is 0.255 e. The molecule has 1 amide bonds. The Kier molecular flexibility index (Phi) is 5.84. The number of hydrogen-bond donors (Lipinski definition) is 1. The van der Waals surface area contributed by atoms with Crippen molar-refractivity contribution in [2.45, 2.75) is 0 Å². The predicted octanol–water partition coefficient (Wildman–Crippen LogP) is 4.21. The number of carbonyl (C=O) groups is 2. The Balaban J connectivity index is 1.57. The van der Waals surface area contributed by atoms with E-state index in [-0.39, 0.29) is 18.3 Å². The number of benzene rings is 3.